The molecule has 0 nitrogen and oxygen atoms in total. The van der Waals surface area contributed by atoms with Crippen molar-refractivity contribution in [3.8, 4) is 0 Å². The summed E-state index contributed by atoms with van der Waals surface area (Å²) >= 11 is 3.80. The number of rotatable bonds is 4. The van der Waals surface area contributed by atoms with E-state index in [1.807, 2.05) is 23.5 Å². The first-order valence-electron chi connectivity index (χ1n) is 3.25. The zero-order chi connectivity index (χ0) is 7.28. The van der Waals surface area contributed by atoms with Gasteiger partial charge in [-0.1, -0.05) is 27.7 Å². The van der Waals surface area contributed by atoms with Crippen LogP contribution >= 0.6 is 23.5 Å². The second kappa shape index (κ2) is 5.48. The first kappa shape index (κ1) is 9.70. The Labute approximate surface area is 67.2 Å². The highest BCUT2D eigenvalue weighted by atomic mass is 32.2. The summed E-state index contributed by atoms with van der Waals surface area (Å²) in [5.41, 5.74) is 0. The topological polar surface area (TPSA) is 0 Å². The molecule has 0 aromatic rings. The Kier molecular flexibility index (Phi) is 5.91. The van der Waals surface area contributed by atoms with Crippen LogP contribution in [0.25, 0.3) is 0 Å². The Bertz CT molecular complexity index is 51.9. The van der Waals surface area contributed by atoms with Crippen molar-refractivity contribution in [3.05, 3.63) is 5.08 Å². The summed E-state index contributed by atoms with van der Waals surface area (Å²) in [5.74, 6) is 0. The Morgan fingerprint density at radius 1 is 0.889 bits per heavy atom. The summed E-state index contributed by atoms with van der Waals surface area (Å²) in [4.78, 5) is 0. The molecule has 0 unspecified atom stereocenters. The van der Waals surface area contributed by atoms with Crippen LogP contribution in [0.15, 0.2) is 0 Å². The van der Waals surface area contributed by atoms with E-state index in [0.717, 1.165) is 10.5 Å². The lowest BCUT2D eigenvalue weighted by atomic mass is 10.6. The highest BCUT2D eigenvalue weighted by Crippen LogP contribution is 2.25. The molecule has 0 bridgehead atoms. The van der Waals surface area contributed by atoms with Gasteiger partial charge in [-0.15, -0.1) is 23.5 Å². The van der Waals surface area contributed by atoms with Crippen LogP contribution in [-0.2, 0) is 0 Å². The van der Waals surface area contributed by atoms with Gasteiger partial charge < -0.3 is 0 Å². The average Bonchev–Trinajstić information content (AvgIpc) is 1.63. The molecular weight excluding hydrogens is 148 g/mol. The minimum absolute atomic E-state index is 0.733. The number of hydrogen-bond donors (Lipinski definition) is 0. The van der Waals surface area contributed by atoms with E-state index in [0.29, 0.717) is 0 Å². The molecule has 0 saturated carbocycles. The van der Waals surface area contributed by atoms with Crippen molar-refractivity contribution in [3.63, 3.8) is 0 Å². The second-order valence-electron chi connectivity index (χ2n) is 2.47. The molecule has 0 amide bonds. The van der Waals surface area contributed by atoms with Gasteiger partial charge in [0, 0.05) is 10.5 Å². The smallest absolute Gasteiger partial charge is 0.0717 e. The van der Waals surface area contributed by atoms with Gasteiger partial charge in [0.15, 0.2) is 0 Å². The van der Waals surface area contributed by atoms with Crippen molar-refractivity contribution < 1.29 is 0 Å². The van der Waals surface area contributed by atoms with Crippen molar-refractivity contribution in [2.24, 2.45) is 0 Å². The molecule has 0 aromatic heterocycles. The van der Waals surface area contributed by atoms with Crippen LogP contribution in [0.2, 0.25) is 0 Å². The fraction of sp³-hybridized carbons (Fsp3) is 0.857. The molecule has 55 valence electrons. The van der Waals surface area contributed by atoms with E-state index in [1.54, 1.807) is 0 Å². The van der Waals surface area contributed by atoms with Gasteiger partial charge in [0.1, 0.15) is 0 Å². The van der Waals surface area contributed by atoms with E-state index < -0.39 is 0 Å². The molecule has 0 heterocycles. The third-order valence-corrected chi connectivity index (χ3v) is 2.63. The maximum atomic E-state index is 2.23. The second-order valence-corrected chi connectivity index (χ2v) is 5.67. The first-order valence-corrected chi connectivity index (χ1v) is 5.14. The molecule has 0 N–H and O–H groups in total. The van der Waals surface area contributed by atoms with Crippen LogP contribution in [-0.4, -0.2) is 10.5 Å². The summed E-state index contributed by atoms with van der Waals surface area (Å²) in [6.07, 6.45) is 0. The van der Waals surface area contributed by atoms with Crippen molar-refractivity contribution in [2.45, 2.75) is 38.2 Å². The highest BCUT2D eigenvalue weighted by Gasteiger charge is 1.96. The van der Waals surface area contributed by atoms with Gasteiger partial charge in [-0.05, 0) is 0 Å². The molecule has 0 rings (SSSR count). The number of thioether (sulfide) groups is 2. The van der Waals surface area contributed by atoms with Gasteiger partial charge in [-0.2, -0.15) is 0 Å². The van der Waals surface area contributed by atoms with Crippen LogP contribution in [0.3, 0.4) is 0 Å². The summed E-state index contributed by atoms with van der Waals surface area (Å²) in [6.45, 7) is 8.84. The van der Waals surface area contributed by atoms with Crippen molar-refractivity contribution in [1.29, 1.82) is 0 Å². The maximum absolute atomic E-state index is 2.23. The normalized spacial score (nSPS) is 11.3. The number of hydrogen-bond acceptors (Lipinski definition) is 2. The van der Waals surface area contributed by atoms with Crippen LogP contribution in [0, 0.1) is 5.08 Å². The molecule has 0 fully saturated rings. The van der Waals surface area contributed by atoms with E-state index in [2.05, 4.69) is 32.8 Å². The van der Waals surface area contributed by atoms with E-state index >= 15 is 0 Å². The van der Waals surface area contributed by atoms with Crippen LogP contribution in [0.4, 0.5) is 0 Å². The quantitative estimate of drug-likeness (QED) is 0.623. The predicted octanol–water partition coefficient (Wildman–Crippen LogP) is 3.39. The lowest BCUT2D eigenvalue weighted by Gasteiger charge is -2.04. The zero-order valence-electron chi connectivity index (χ0n) is 6.55. The van der Waals surface area contributed by atoms with Crippen LogP contribution in [0.5, 0.6) is 0 Å². The van der Waals surface area contributed by atoms with Gasteiger partial charge in [0.05, 0.1) is 5.08 Å². The summed E-state index contributed by atoms with van der Waals surface area (Å²) in [6, 6.07) is 0. The van der Waals surface area contributed by atoms with Crippen molar-refractivity contribution >= 4 is 23.5 Å². The van der Waals surface area contributed by atoms with Gasteiger partial charge >= 0.3 is 0 Å². The molecule has 0 saturated heterocycles. The minimum Gasteiger partial charge on any atom is -0.143 e. The maximum Gasteiger partial charge on any atom is 0.0717 e. The SMILES string of the molecule is CC(C)S[CH]SC(C)C. The van der Waals surface area contributed by atoms with E-state index in [1.165, 1.54) is 0 Å². The third kappa shape index (κ3) is 8.70. The van der Waals surface area contributed by atoms with Gasteiger partial charge in [0.25, 0.3) is 0 Å². The molecule has 2 heteroatoms. The molecule has 1 radical (unpaired) electrons. The first-order chi connectivity index (χ1) is 4.13. The Morgan fingerprint density at radius 2 is 1.22 bits per heavy atom. The highest BCUT2D eigenvalue weighted by molar-refractivity contribution is 8.19. The van der Waals surface area contributed by atoms with Crippen LogP contribution < -0.4 is 0 Å². The van der Waals surface area contributed by atoms with E-state index in [4.69, 9.17) is 0 Å². The fourth-order valence-corrected chi connectivity index (χ4v) is 2.29. The lowest BCUT2D eigenvalue weighted by molar-refractivity contribution is 1.11. The summed E-state index contributed by atoms with van der Waals surface area (Å²) in [5, 5.41) is 3.70. The summed E-state index contributed by atoms with van der Waals surface area (Å²) < 4.78 is 0. The van der Waals surface area contributed by atoms with Gasteiger partial charge in [0.2, 0.25) is 0 Å². The molecule has 0 aliphatic carbocycles. The standard InChI is InChI=1S/C7H15S2/c1-6(2)8-5-9-7(3)4/h5-7H,1-4H3. The lowest BCUT2D eigenvalue weighted by Crippen LogP contribution is -1.87. The van der Waals surface area contributed by atoms with Crippen molar-refractivity contribution in [2.75, 3.05) is 0 Å². The predicted molar refractivity (Wildman–Crippen MR) is 49.8 cm³/mol. The zero-order valence-corrected chi connectivity index (χ0v) is 8.18. The van der Waals surface area contributed by atoms with Gasteiger partial charge in [-0.25, -0.2) is 0 Å². The molecule has 9 heavy (non-hydrogen) atoms. The monoisotopic (exact) mass is 163 g/mol. The molecular formula is C7H15S2. The molecule has 0 atom stereocenters. The molecule has 0 spiro atoms. The summed E-state index contributed by atoms with van der Waals surface area (Å²) in [7, 11) is 0. The third-order valence-electron chi connectivity index (χ3n) is 0.655. The molecule has 0 aromatic carbocycles. The minimum atomic E-state index is 0.733. The Balaban J connectivity index is 2.91. The van der Waals surface area contributed by atoms with E-state index in [9.17, 15) is 0 Å². The Morgan fingerprint density at radius 3 is 1.44 bits per heavy atom. The average molecular weight is 163 g/mol. The fourth-order valence-electron chi connectivity index (χ4n) is 0.254. The Hall–Kier alpha value is 0.700. The largest absolute Gasteiger partial charge is 0.143 e. The molecule has 0 aliphatic rings. The van der Waals surface area contributed by atoms with E-state index in [-0.39, 0.29) is 0 Å². The van der Waals surface area contributed by atoms with Crippen LogP contribution in [0.1, 0.15) is 27.7 Å². The van der Waals surface area contributed by atoms with Gasteiger partial charge in [-0.3, -0.25) is 0 Å². The van der Waals surface area contributed by atoms with Crippen molar-refractivity contribution in [1.82, 2.24) is 0 Å². The molecule has 0 aliphatic heterocycles.